The van der Waals surface area contributed by atoms with Crippen LogP contribution in [0, 0.1) is 0 Å². The van der Waals surface area contributed by atoms with Crippen molar-refractivity contribution in [3.05, 3.63) is 40.3 Å². The predicted molar refractivity (Wildman–Crippen MR) is 92.3 cm³/mol. The molecule has 0 N–H and O–H groups in total. The van der Waals surface area contributed by atoms with Crippen LogP contribution >= 0.6 is 24.0 Å². The third-order valence-corrected chi connectivity index (χ3v) is 4.67. The highest BCUT2D eigenvalue weighted by molar-refractivity contribution is 8.26. The van der Waals surface area contributed by atoms with Gasteiger partial charge in [-0.2, -0.15) is 0 Å². The van der Waals surface area contributed by atoms with Crippen molar-refractivity contribution < 1.29 is 9.53 Å². The third kappa shape index (κ3) is 3.93. The van der Waals surface area contributed by atoms with Gasteiger partial charge in [-0.25, -0.2) is 0 Å². The lowest BCUT2D eigenvalue weighted by molar-refractivity contribution is -0.122. The molecule has 112 valence electrons. The summed E-state index contributed by atoms with van der Waals surface area (Å²) >= 11 is 6.60. The van der Waals surface area contributed by atoms with Crippen molar-refractivity contribution in [2.75, 3.05) is 20.3 Å². The quantitative estimate of drug-likeness (QED) is 0.611. The first kappa shape index (κ1) is 16.2. The van der Waals surface area contributed by atoms with E-state index in [-0.39, 0.29) is 5.91 Å². The number of methoxy groups -OCH3 is 1. The highest BCUT2D eigenvalue weighted by atomic mass is 32.2. The van der Waals surface area contributed by atoms with Crippen LogP contribution in [0.5, 0.6) is 0 Å². The molecule has 2 rings (SSSR count). The van der Waals surface area contributed by atoms with Crippen LogP contribution in [-0.4, -0.2) is 35.4 Å². The van der Waals surface area contributed by atoms with Crippen molar-refractivity contribution >= 4 is 40.3 Å². The maximum atomic E-state index is 12.3. The van der Waals surface area contributed by atoms with E-state index in [4.69, 9.17) is 17.0 Å². The fraction of sp³-hybridized carbons (Fsp3) is 0.375. The average Bonchev–Trinajstić information content (AvgIpc) is 2.72. The van der Waals surface area contributed by atoms with Crippen LogP contribution in [0.15, 0.2) is 29.2 Å². The van der Waals surface area contributed by atoms with Crippen molar-refractivity contribution in [2.45, 2.75) is 19.8 Å². The number of ether oxygens (including phenoxy) is 1. The zero-order valence-corrected chi connectivity index (χ0v) is 14.1. The van der Waals surface area contributed by atoms with Crippen LogP contribution in [0.25, 0.3) is 6.08 Å². The topological polar surface area (TPSA) is 29.5 Å². The van der Waals surface area contributed by atoms with Gasteiger partial charge in [0.2, 0.25) is 0 Å². The lowest BCUT2D eigenvalue weighted by atomic mass is 10.0. The Morgan fingerprint density at radius 1 is 1.33 bits per heavy atom. The van der Waals surface area contributed by atoms with Crippen molar-refractivity contribution in [1.82, 2.24) is 4.90 Å². The van der Waals surface area contributed by atoms with E-state index in [2.05, 4.69) is 26.0 Å². The van der Waals surface area contributed by atoms with E-state index >= 15 is 0 Å². The van der Waals surface area contributed by atoms with Gasteiger partial charge in [0.05, 0.1) is 18.1 Å². The van der Waals surface area contributed by atoms with Crippen LogP contribution in [0.2, 0.25) is 0 Å². The number of hydrogen-bond acceptors (Lipinski definition) is 4. The van der Waals surface area contributed by atoms with Gasteiger partial charge < -0.3 is 4.74 Å². The van der Waals surface area contributed by atoms with Crippen LogP contribution in [0.3, 0.4) is 0 Å². The molecule has 0 radical (unpaired) electrons. The minimum absolute atomic E-state index is 0.0324. The summed E-state index contributed by atoms with van der Waals surface area (Å²) in [4.78, 5) is 14.6. The Hall–Kier alpha value is -1.17. The second-order valence-corrected chi connectivity index (χ2v) is 6.82. The lowest BCUT2D eigenvalue weighted by Gasteiger charge is -2.12. The van der Waals surface area contributed by atoms with Crippen molar-refractivity contribution in [3.8, 4) is 0 Å². The molecule has 0 bridgehead atoms. The van der Waals surface area contributed by atoms with Gasteiger partial charge in [-0.15, -0.1) is 0 Å². The third-order valence-electron chi connectivity index (χ3n) is 3.29. The van der Waals surface area contributed by atoms with E-state index in [1.54, 1.807) is 12.0 Å². The number of rotatable bonds is 5. The molecule has 1 fully saturated rings. The molecule has 0 aromatic heterocycles. The summed E-state index contributed by atoms with van der Waals surface area (Å²) in [7, 11) is 1.61. The predicted octanol–water partition coefficient (Wildman–Crippen LogP) is 3.66. The van der Waals surface area contributed by atoms with Gasteiger partial charge >= 0.3 is 0 Å². The lowest BCUT2D eigenvalue weighted by Crippen LogP contribution is -2.31. The standard InChI is InChI=1S/C16H19NO2S2/c1-11(2)13-6-4-12(5-7-13)10-14-15(18)17(8-9-19-3)16(20)21-14/h4-7,10-11H,8-9H2,1-3H3. The Morgan fingerprint density at radius 2 is 2.00 bits per heavy atom. The van der Waals surface area contributed by atoms with Gasteiger partial charge in [-0.1, -0.05) is 62.1 Å². The summed E-state index contributed by atoms with van der Waals surface area (Å²) in [5, 5.41) is 0. The van der Waals surface area contributed by atoms with Gasteiger partial charge in [0, 0.05) is 7.11 Å². The van der Waals surface area contributed by atoms with Crippen LogP contribution in [-0.2, 0) is 9.53 Å². The Balaban J connectivity index is 2.14. The van der Waals surface area contributed by atoms with E-state index in [1.807, 2.05) is 18.2 Å². The molecular formula is C16H19NO2S2. The van der Waals surface area contributed by atoms with E-state index in [9.17, 15) is 4.79 Å². The molecule has 1 heterocycles. The second-order valence-electron chi connectivity index (χ2n) is 5.15. The molecule has 0 saturated carbocycles. The Labute approximate surface area is 135 Å². The molecule has 21 heavy (non-hydrogen) atoms. The zero-order chi connectivity index (χ0) is 15.4. The molecule has 1 amide bonds. The summed E-state index contributed by atoms with van der Waals surface area (Å²) < 4.78 is 5.61. The molecular weight excluding hydrogens is 302 g/mol. The number of thioether (sulfide) groups is 1. The van der Waals surface area contributed by atoms with Crippen LogP contribution < -0.4 is 0 Å². The molecule has 0 unspecified atom stereocenters. The molecule has 3 nitrogen and oxygen atoms in total. The number of thiocarbonyl (C=S) groups is 1. The summed E-state index contributed by atoms with van der Waals surface area (Å²) in [6, 6.07) is 8.28. The average molecular weight is 321 g/mol. The fourth-order valence-electron chi connectivity index (χ4n) is 2.00. The van der Waals surface area contributed by atoms with Crippen molar-refractivity contribution in [1.29, 1.82) is 0 Å². The first-order valence-corrected chi connectivity index (χ1v) is 8.09. The minimum atomic E-state index is -0.0324. The summed E-state index contributed by atoms with van der Waals surface area (Å²) in [5.74, 6) is 0.473. The maximum Gasteiger partial charge on any atom is 0.266 e. The first-order chi connectivity index (χ1) is 10.0. The van der Waals surface area contributed by atoms with E-state index < -0.39 is 0 Å². The fourth-order valence-corrected chi connectivity index (χ4v) is 3.31. The molecule has 1 aromatic carbocycles. The SMILES string of the molecule is COCCN1C(=O)C(=Cc2ccc(C(C)C)cc2)SC1=S. The number of carbonyl (C=O) groups excluding carboxylic acids is 1. The van der Waals surface area contributed by atoms with Gasteiger partial charge in [0.15, 0.2) is 0 Å². The smallest absolute Gasteiger partial charge is 0.266 e. The molecule has 0 atom stereocenters. The Kier molecular flexibility index (Phi) is 5.56. The van der Waals surface area contributed by atoms with Gasteiger partial charge in [0.25, 0.3) is 5.91 Å². The van der Waals surface area contributed by atoms with Gasteiger partial charge in [-0.05, 0) is 23.1 Å². The van der Waals surface area contributed by atoms with Crippen LogP contribution in [0.1, 0.15) is 30.9 Å². The van der Waals surface area contributed by atoms with Crippen molar-refractivity contribution in [3.63, 3.8) is 0 Å². The van der Waals surface area contributed by atoms with Gasteiger partial charge in [-0.3, -0.25) is 9.69 Å². The zero-order valence-electron chi connectivity index (χ0n) is 12.5. The number of benzene rings is 1. The Bertz CT molecular complexity index is 564. The van der Waals surface area contributed by atoms with Gasteiger partial charge in [0.1, 0.15) is 4.32 Å². The summed E-state index contributed by atoms with van der Waals surface area (Å²) in [6.45, 7) is 5.32. The molecule has 0 spiro atoms. The van der Waals surface area contributed by atoms with Crippen molar-refractivity contribution in [2.24, 2.45) is 0 Å². The van der Waals surface area contributed by atoms with E-state index in [0.717, 1.165) is 5.56 Å². The molecule has 1 aromatic rings. The first-order valence-electron chi connectivity index (χ1n) is 6.87. The number of amides is 1. The molecule has 1 aliphatic rings. The normalized spacial score (nSPS) is 17.3. The number of nitrogens with zero attached hydrogens (tertiary/aromatic N) is 1. The number of carbonyl (C=O) groups is 1. The van der Waals surface area contributed by atoms with E-state index in [0.29, 0.717) is 28.3 Å². The second kappa shape index (κ2) is 7.20. The largest absolute Gasteiger partial charge is 0.383 e. The molecule has 5 heteroatoms. The monoisotopic (exact) mass is 321 g/mol. The highest BCUT2D eigenvalue weighted by Gasteiger charge is 2.31. The Morgan fingerprint density at radius 3 is 2.57 bits per heavy atom. The highest BCUT2D eigenvalue weighted by Crippen LogP contribution is 2.32. The summed E-state index contributed by atoms with van der Waals surface area (Å²) in [5.41, 5.74) is 2.31. The van der Waals surface area contributed by atoms with E-state index in [1.165, 1.54) is 17.3 Å². The minimum Gasteiger partial charge on any atom is -0.383 e. The molecule has 1 aliphatic heterocycles. The van der Waals surface area contributed by atoms with Crippen LogP contribution in [0.4, 0.5) is 0 Å². The number of hydrogen-bond donors (Lipinski definition) is 0. The molecule has 0 aliphatic carbocycles. The maximum absolute atomic E-state index is 12.3. The molecule has 1 saturated heterocycles. The summed E-state index contributed by atoms with van der Waals surface area (Å²) in [6.07, 6.45) is 1.90.